The fraction of sp³-hybridized carbons (Fsp3) is 0.600. The normalized spacial score (nSPS) is 24.1. The largest absolute Gasteiger partial charge is 0.443 e. The molecule has 0 aromatic carbocycles. The van der Waals surface area contributed by atoms with Crippen LogP contribution in [0.25, 0.3) is 0 Å². The van der Waals surface area contributed by atoms with Crippen LogP contribution in [0.2, 0.25) is 0 Å². The van der Waals surface area contributed by atoms with Crippen LogP contribution in [-0.2, 0) is 19.2 Å². The molecule has 2 fully saturated rings. The Kier molecular flexibility index (Phi) is 6.49. The van der Waals surface area contributed by atoms with E-state index >= 15 is 0 Å². The van der Waals surface area contributed by atoms with Gasteiger partial charge in [-0.25, -0.2) is 9.69 Å². The molecule has 2 aliphatic rings. The molecule has 0 aromatic rings. The van der Waals surface area contributed by atoms with E-state index in [9.17, 15) is 14.4 Å². The Morgan fingerprint density at radius 2 is 2.11 bits per heavy atom. The van der Waals surface area contributed by atoms with E-state index in [1.165, 1.54) is 4.90 Å². The zero-order valence-electron chi connectivity index (χ0n) is 17.0. The van der Waals surface area contributed by atoms with E-state index in [1.807, 2.05) is 40.7 Å². The first-order valence-electron chi connectivity index (χ1n) is 9.16. The van der Waals surface area contributed by atoms with Crippen molar-refractivity contribution in [2.75, 3.05) is 19.8 Å². The van der Waals surface area contributed by atoms with Crippen molar-refractivity contribution in [2.24, 2.45) is 22.4 Å². The van der Waals surface area contributed by atoms with Gasteiger partial charge in [0.25, 0.3) is 5.91 Å². The van der Waals surface area contributed by atoms with Crippen LogP contribution in [-0.4, -0.2) is 59.8 Å². The van der Waals surface area contributed by atoms with E-state index in [2.05, 4.69) is 11.1 Å². The van der Waals surface area contributed by atoms with Crippen LogP contribution >= 0.6 is 0 Å². The van der Waals surface area contributed by atoms with Gasteiger partial charge in [-0.05, 0) is 37.7 Å². The third kappa shape index (κ3) is 4.71. The summed E-state index contributed by atoms with van der Waals surface area (Å²) in [5.74, 6) is 1.08. The molecule has 1 aliphatic heterocycles. The van der Waals surface area contributed by atoms with E-state index in [-0.39, 0.29) is 36.4 Å². The quantitative estimate of drug-likeness (QED) is 0.208. The number of terminal acetylenes is 1. The summed E-state index contributed by atoms with van der Waals surface area (Å²) in [6, 6.07) is -0.542. The average Bonchev–Trinajstić information content (AvgIpc) is 3.01. The van der Waals surface area contributed by atoms with Crippen LogP contribution in [0.3, 0.4) is 0 Å². The van der Waals surface area contributed by atoms with Gasteiger partial charge in [-0.1, -0.05) is 31.0 Å². The number of amides is 3. The summed E-state index contributed by atoms with van der Waals surface area (Å²) >= 11 is 0. The number of hydrogen-bond acceptors (Lipinski definition) is 6. The number of rotatable bonds is 8. The molecule has 28 heavy (non-hydrogen) atoms. The van der Waals surface area contributed by atoms with Crippen molar-refractivity contribution < 1.29 is 24.0 Å². The van der Waals surface area contributed by atoms with E-state index in [1.54, 1.807) is 6.21 Å². The number of ether oxygens (including phenoxy) is 1. The first-order chi connectivity index (χ1) is 13.1. The molecular formula is C20H27N3O5. The van der Waals surface area contributed by atoms with E-state index < -0.39 is 24.6 Å². The maximum absolute atomic E-state index is 12.5. The van der Waals surface area contributed by atoms with E-state index in [0.717, 1.165) is 10.5 Å². The summed E-state index contributed by atoms with van der Waals surface area (Å²) in [5, 5.41) is 3.89. The van der Waals surface area contributed by atoms with E-state index in [4.69, 9.17) is 16.0 Å². The molecule has 8 heteroatoms. The van der Waals surface area contributed by atoms with Gasteiger partial charge in [0.15, 0.2) is 6.73 Å². The molecule has 0 unspecified atom stereocenters. The zero-order valence-corrected chi connectivity index (χ0v) is 17.0. The number of carbonyl (C=O) groups is 3. The van der Waals surface area contributed by atoms with Gasteiger partial charge in [-0.15, -0.1) is 6.42 Å². The molecule has 0 radical (unpaired) electrons. The van der Waals surface area contributed by atoms with Gasteiger partial charge in [0.1, 0.15) is 12.6 Å². The summed E-state index contributed by atoms with van der Waals surface area (Å²) in [5.41, 5.74) is 0.600. The second kappa shape index (κ2) is 8.46. The minimum absolute atomic E-state index is 0.00305. The Labute approximate surface area is 165 Å². The second-order valence-electron chi connectivity index (χ2n) is 7.88. The summed E-state index contributed by atoms with van der Waals surface area (Å²) in [6.07, 6.45) is 8.74. The number of allylic oxidation sites excluding steroid dienone is 2. The molecule has 0 bridgehead atoms. The van der Waals surface area contributed by atoms with Crippen molar-refractivity contribution in [3.05, 3.63) is 11.6 Å². The summed E-state index contributed by atoms with van der Waals surface area (Å²) in [6.45, 7) is 9.12. The first kappa shape index (κ1) is 21.5. The molecule has 3 amide bonds. The van der Waals surface area contributed by atoms with Crippen molar-refractivity contribution in [1.29, 1.82) is 0 Å². The Morgan fingerprint density at radius 1 is 1.43 bits per heavy atom. The van der Waals surface area contributed by atoms with Crippen LogP contribution in [0.5, 0.6) is 0 Å². The number of urea groups is 1. The number of imide groups is 1. The van der Waals surface area contributed by atoms with Crippen molar-refractivity contribution in [2.45, 2.75) is 40.7 Å². The van der Waals surface area contributed by atoms with Gasteiger partial charge >= 0.3 is 12.0 Å². The lowest BCUT2D eigenvalue weighted by Crippen LogP contribution is -2.36. The van der Waals surface area contributed by atoms with Crippen molar-refractivity contribution in [3.8, 4) is 12.3 Å². The summed E-state index contributed by atoms with van der Waals surface area (Å²) in [4.78, 5) is 43.8. The van der Waals surface area contributed by atoms with Gasteiger partial charge in [0.2, 0.25) is 0 Å². The minimum Gasteiger partial charge on any atom is -0.443 e. The van der Waals surface area contributed by atoms with Gasteiger partial charge in [-0.2, -0.15) is 0 Å². The van der Waals surface area contributed by atoms with Crippen molar-refractivity contribution >= 4 is 24.1 Å². The highest BCUT2D eigenvalue weighted by atomic mass is 16.6. The smallest absolute Gasteiger partial charge is 0.330 e. The third-order valence-electron chi connectivity index (χ3n) is 4.88. The third-order valence-corrected chi connectivity index (χ3v) is 4.88. The van der Waals surface area contributed by atoms with Crippen molar-refractivity contribution in [1.82, 2.24) is 9.80 Å². The lowest BCUT2D eigenvalue weighted by Gasteiger charge is -2.15. The van der Waals surface area contributed by atoms with Crippen molar-refractivity contribution in [3.63, 3.8) is 0 Å². The predicted molar refractivity (Wildman–Crippen MR) is 103 cm³/mol. The van der Waals surface area contributed by atoms with Gasteiger partial charge < -0.3 is 14.5 Å². The molecule has 152 valence electrons. The standard InChI is InChI=1S/C20H27N3O5/c1-7-8-22-11-16(24)23(19(22)26)12-27-18(25)17-15(20(17,5)6)9-14(4)10-21-28-13(2)3/h1,9-10,13,15,17H,8,11-12H2,2-6H3/b14-9+,21-10?/t15-,17+/m1/s1. The molecule has 1 aliphatic carbocycles. The molecule has 0 spiro atoms. The fourth-order valence-corrected chi connectivity index (χ4v) is 3.17. The lowest BCUT2D eigenvalue weighted by molar-refractivity contribution is -0.151. The van der Waals surface area contributed by atoms with Gasteiger partial charge in [0, 0.05) is 0 Å². The van der Waals surface area contributed by atoms with Gasteiger partial charge in [0.05, 0.1) is 18.7 Å². The summed E-state index contributed by atoms with van der Waals surface area (Å²) in [7, 11) is 0. The van der Waals surface area contributed by atoms with Crippen LogP contribution < -0.4 is 0 Å². The molecule has 2 rings (SSSR count). The Balaban J connectivity index is 1.92. The maximum atomic E-state index is 12.5. The molecule has 2 atom stereocenters. The van der Waals surface area contributed by atoms with E-state index in [0.29, 0.717) is 0 Å². The van der Waals surface area contributed by atoms with Crippen LogP contribution in [0, 0.1) is 29.6 Å². The molecule has 1 saturated heterocycles. The predicted octanol–water partition coefficient (Wildman–Crippen LogP) is 2.01. The highest BCUT2D eigenvalue weighted by Gasteiger charge is 2.61. The Morgan fingerprint density at radius 3 is 2.71 bits per heavy atom. The SMILES string of the molecule is C#CCN1CC(=O)N(COC(=O)[C@@H]2[C@@H](/C=C(\C)C=NOC(C)C)C2(C)C)C1=O. The molecule has 0 aromatic heterocycles. The Hall–Kier alpha value is -2.82. The highest BCUT2D eigenvalue weighted by Crippen LogP contribution is 2.59. The van der Waals surface area contributed by atoms with Crippen LogP contribution in [0.15, 0.2) is 16.8 Å². The minimum atomic E-state index is -0.542. The molecule has 1 saturated carbocycles. The maximum Gasteiger partial charge on any atom is 0.330 e. The highest BCUT2D eigenvalue weighted by molar-refractivity contribution is 6.02. The monoisotopic (exact) mass is 389 g/mol. The summed E-state index contributed by atoms with van der Waals surface area (Å²) < 4.78 is 5.26. The first-order valence-corrected chi connectivity index (χ1v) is 9.16. The Bertz CT molecular complexity index is 747. The van der Waals surface area contributed by atoms with Crippen LogP contribution in [0.4, 0.5) is 4.79 Å². The molecular weight excluding hydrogens is 362 g/mol. The van der Waals surface area contributed by atoms with Gasteiger partial charge in [-0.3, -0.25) is 9.59 Å². The fourth-order valence-electron chi connectivity index (χ4n) is 3.17. The second-order valence-corrected chi connectivity index (χ2v) is 7.88. The number of esters is 1. The lowest BCUT2D eigenvalue weighted by atomic mass is 10.1. The molecule has 0 N–H and O–H groups in total. The molecule has 8 nitrogen and oxygen atoms in total. The topological polar surface area (TPSA) is 88.5 Å². The number of nitrogens with zero attached hydrogens (tertiary/aromatic N) is 3. The average molecular weight is 389 g/mol. The van der Waals surface area contributed by atoms with Crippen LogP contribution in [0.1, 0.15) is 34.6 Å². The number of oxime groups is 1. The number of hydrogen-bond donors (Lipinski definition) is 0. The zero-order chi connectivity index (χ0) is 21.1. The molecule has 1 heterocycles. The number of carbonyl (C=O) groups excluding carboxylic acids is 3.